The van der Waals surface area contributed by atoms with E-state index in [-0.39, 0.29) is 5.91 Å². The third-order valence-corrected chi connectivity index (χ3v) is 6.00. The van der Waals surface area contributed by atoms with E-state index < -0.39 is 5.41 Å². The summed E-state index contributed by atoms with van der Waals surface area (Å²) in [7, 11) is 0. The molecule has 0 radical (unpaired) electrons. The Balaban J connectivity index is 1.77. The fourth-order valence-corrected chi connectivity index (χ4v) is 4.00. The van der Waals surface area contributed by atoms with Crippen LogP contribution < -0.4 is 5.32 Å². The van der Waals surface area contributed by atoms with Crippen molar-refractivity contribution in [1.29, 1.82) is 0 Å². The predicted molar refractivity (Wildman–Crippen MR) is 134 cm³/mol. The molecule has 0 fully saturated rings. The van der Waals surface area contributed by atoms with Crippen molar-refractivity contribution in [2.45, 2.75) is 32.1 Å². The van der Waals surface area contributed by atoms with Crippen LogP contribution in [0.25, 0.3) is 10.8 Å². The van der Waals surface area contributed by atoms with E-state index >= 15 is 0 Å². The molecule has 1 N–H and O–H groups in total. The summed E-state index contributed by atoms with van der Waals surface area (Å²) in [4.78, 5) is 13.8. The monoisotopic (exact) mass is 417 g/mol. The predicted octanol–water partition coefficient (Wildman–Crippen LogP) is 6.74. The van der Waals surface area contributed by atoms with Crippen LogP contribution in [0.1, 0.15) is 37.0 Å². The van der Waals surface area contributed by atoms with Crippen molar-refractivity contribution < 1.29 is 4.79 Å². The van der Waals surface area contributed by atoms with Gasteiger partial charge in [0.1, 0.15) is 5.41 Å². The number of benzene rings is 4. The highest BCUT2D eigenvalue weighted by atomic mass is 16.2. The molecule has 4 aromatic rings. The van der Waals surface area contributed by atoms with E-state index in [9.17, 15) is 4.79 Å². The van der Waals surface area contributed by atoms with Crippen molar-refractivity contribution >= 4 is 22.4 Å². The number of amides is 1. The molecule has 158 valence electrons. The van der Waals surface area contributed by atoms with Gasteiger partial charge in [-0.15, -0.1) is 0 Å². The first-order valence-electron chi connectivity index (χ1n) is 11.1. The molecule has 4 rings (SSSR count). The molecule has 0 saturated carbocycles. The summed E-state index contributed by atoms with van der Waals surface area (Å²) in [6.07, 6.45) is 1.55. The molecule has 0 aliphatic carbocycles. The van der Waals surface area contributed by atoms with Gasteiger partial charge in [-0.05, 0) is 47.6 Å². The summed E-state index contributed by atoms with van der Waals surface area (Å²) in [6.45, 7) is 4.15. The number of hydrogen-bond donors (Lipinski definition) is 1. The van der Waals surface area contributed by atoms with Crippen molar-refractivity contribution in [1.82, 2.24) is 0 Å². The minimum atomic E-state index is -0.957. The second-order valence-electron chi connectivity index (χ2n) is 7.91. The minimum absolute atomic E-state index is 0.111. The first-order valence-corrected chi connectivity index (χ1v) is 11.1. The van der Waals surface area contributed by atoms with Gasteiger partial charge in [0.05, 0.1) is 0 Å². The number of carbonyl (C=O) groups excluding carboxylic acids is 1. The number of rotatable bonds is 5. The Labute approximate surface area is 190 Å². The van der Waals surface area contributed by atoms with Crippen molar-refractivity contribution in [3.05, 3.63) is 114 Å². The fourth-order valence-electron chi connectivity index (χ4n) is 4.00. The molecule has 0 spiro atoms. The van der Waals surface area contributed by atoms with E-state index in [1.807, 2.05) is 79.7 Å². The number of nitrogens with one attached hydrogen (secondary N) is 1. The maximum atomic E-state index is 13.8. The van der Waals surface area contributed by atoms with E-state index in [0.717, 1.165) is 34.0 Å². The Kier molecular flexibility index (Phi) is 6.38. The summed E-state index contributed by atoms with van der Waals surface area (Å²) in [5.41, 5.74) is 2.93. The third kappa shape index (κ3) is 4.29. The molecule has 1 atom stereocenters. The van der Waals surface area contributed by atoms with Crippen molar-refractivity contribution in [3.8, 4) is 11.8 Å². The first kappa shape index (κ1) is 21.4. The molecule has 0 heterocycles. The fraction of sp³-hybridized carbons (Fsp3) is 0.167. The maximum Gasteiger partial charge on any atom is 0.247 e. The van der Waals surface area contributed by atoms with Gasteiger partial charge in [-0.3, -0.25) is 4.79 Å². The Bertz CT molecular complexity index is 1270. The second-order valence-corrected chi connectivity index (χ2v) is 7.91. The molecular formula is C30H27NO. The largest absolute Gasteiger partial charge is 0.324 e. The van der Waals surface area contributed by atoms with Crippen molar-refractivity contribution in [2.24, 2.45) is 0 Å². The van der Waals surface area contributed by atoms with Crippen LogP contribution in [0.5, 0.6) is 0 Å². The molecule has 2 nitrogen and oxygen atoms in total. The van der Waals surface area contributed by atoms with Crippen LogP contribution in [-0.2, 0) is 16.6 Å². The molecule has 0 aliphatic heterocycles. The van der Waals surface area contributed by atoms with E-state index in [0.29, 0.717) is 6.42 Å². The maximum absolute atomic E-state index is 13.8. The summed E-state index contributed by atoms with van der Waals surface area (Å²) < 4.78 is 0. The molecule has 0 aromatic heterocycles. The van der Waals surface area contributed by atoms with Crippen LogP contribution in [0.3, 0.4) is 0 Å². The van der Waals surface area contributed by atoms with Crippen LogP contribution in [0.2, 0.25) is 0 Å². The Morgan fingerprint density at radius 1 is 0.812 bits per heavy atom. The van der Waals surface area contributed by atoms with Crippen LogP contribution in [-0.4, -0.2) is 5.91 Å². The SMILES string of the molecule is CCc1ccc(C#C[C@@](CC)(C(=O)Nc2cccc3ccccc23)c2ccccc2)cc1. The summed E-state index contributed by atoms with van der Waals surface area (Å²) >= 11 is 0. The van der Waals surface area contributed by atoms with Crippen molar-refractivity contribution in [2.75, 3.05) is 5.32 Å². The van der Waals surface area contributed by atoms with E-state index in [4.69, 9.17) is 0 Å². The van der Waals surface area contributed by atoms with Gasteiger partial charge in [0.25, 0.3) is 0 Å². The average molecular weight is 418 g/mol. The summed E-state index contributed by atoms with van der Waals surface area (Å²) in [5, 5.41) is 5.30. The van der Waals surface area contributed by atoms with Crippen LogP contribution in [0.4, 0.5) is 5.69 Å². The lowest BCUT2D eigenvalue weighted by atomic mass is 9.77. The standard InChI is InChI=1S/C30H27NO/c1-3-23-17-19-24(20-18-23)21-22-30(4-2,26-13-6-5-7-14-26)29(32)31-28-16-10-12-25-11-8-9-15-27(25)28/h5-20H,3-4H2,1-2H3,(H,31,32)/t30-/m1/s1. The highest BCUT2D eigenvalue weighted by Gasteiger charge is 2.37. The van der Waals surface area contributed by atoms with Crippen molar-refractivity contribution in [3.63, 3.8) is 0 Å². The molecule has 0 bridgehead atoms. The Morgan fingerprint density at radius 3 is 2.22 bits per heavy atom. The van der Waals surface area contributed by atoms with Gasteiger partial charge in [0.15, 0.2) is 0 Å². The summed E-state index contributed by atoms with van der Waals surface area (Å²) in [5.74, 6) is 6.53. The normalized spacial score (nSPS) is 12.4. The lowest BCUT2D eigenvalue weighted by Gasteiger charge is -2.27. The molecular weight excluding hydrogens is 390 g/mol. The second kappa shape index (κ2) is 9.54. The number of anilines is 1. The zero-order valence-electron chi connectivity index (χ0n) is 18.6. The number of hydrogen-bond acceptors (Lipinski definition) is 1. The van der Waals surface area contributed by atoms with Gasteiger partial charge in [0.2, 0.25) is 5.91 Å². The number of aryl methyl sites for hydroxylation is 1. The van der Waals surface area contributed by atoms with Crippen LogP contribution >= 0.6 is 0 Å². The molecule has 2 heteroatoms. The van der Waals surface area contributed by atoms with Gasteiger partial charge in [0, 0.05) is 16.6 Å². The van der Waals surface area contributed by atoms with Crippen LogP contribution in [0, 0.1) is 11.8 Å². The lowest BCUT2D eigenvalue weighted by molar-refractivity contribution is -0.119. The zero-order valence-corrected chi connectivity index (χ0v) is 18.6. The summed E-state index contributed by atoms with van der Waals surface area (Å²) in [6, 6.07) is 32.1. The van der Waals surface area contributed by atoms with E-state index in [1.165, 1.54) is 5.56 Å². The third-order valence-electron chi connectivity index (χ3n) is 6.00. The highest BCUT2D eigenvalue weighted by molar-refractivity contribution is 6.07. The highest BCUT2D eigenvalue weighted by Crippen LogP contribution is 2.31. The van der Waals surface area contributed by atoms with E-state index in [2.05, 4.69) is 48.3 Å². The number of carbonyl (C=O) groups is 1. The molecule has 0 unspecified atom stereocenters. The quantitative estimate of drug-likeness (QED) is 0.358. The van der Waals surface area contributed by atoms with Gasteiger partial charge >= 0.3 is 0 Å². The van der Waals surface area contributed by atoms with Gasteiger partial charge in [-0.2, -0.15) is 0 Å². The molecule has 32 heavy (non-hydrogen) atoms. The Hall–Kier alpha value is -3.83. The number of fused-ring (bicyclic) bond motifs is 1. The smallest absolute Gasteiger partial charge is 0.247 e. The van der Waals surface area contributed by atoms with Gasteiger partial charge in [-0.25, -0.2) is 0 Å². The minimum Gasteiger partial charge on any atom is -0.324 e. The average Bonchev–Trinajstić information content (AvgIpc) is 2.86. The van der Waals surface area contributed by atoms with Gasteiger partial charge in [-0.1, -0.05) is 105 Å². The topological polar surface area (TPSA) is 29.1 Å². The Morgan fingerprint density at radius 2 is 1.50 bits per heavy atom. The van der Waals surface area contributed by atoms with Gasteiger partial charge < -0.3 is 5.32 Å². The van der Waals surface area contributed by atoms with E-state index in [1.54, 1.807) is 0 Å². The molecule has 0 saturated heterocycles. The lowest BCUT2D eigenvalue weighted by Crippen LogP contribution is -2.39. The molecule has 1 amide bonds. The van der Waals surface area contributed by atoms with Crippen LogP contribution in [0.15, 0.2) is 97.1 Å². The zero-order chi connectivity index (χ0) is 22.4. The molecule has 4 aromatic carbocycles. The first-order chi connectivity index (χ1) is 15.7. The molecule has 0 aliphatic rings.